The summed E-state index contributed by atoms with van der Waals surface area (Å²) in [6.45, 7) is -0.493. The zero-order valence-corrected chi connectivity index (χ0v) is 18.9. The van der Waals surface area contributed by atoms with Crippen molar-refractivity contribution in [2.75, 3.05) is 13.7 Å². The Morgan fingerprint density at radius 3 is 2.61 bits per heavy atom. The fourth-order valence-electron chi connectivity index (χ4n) is 4.22. The predicted octanol–water partition coefficient (Wildman–Crippen LogP) is 2.51. The molecule has 4 aromatic rings. The minimum atomic E-state index is -1.58. The van der Waals surface area contributed by atoms with Crippen molar-refractivity contribution in [3.05, 3.63) is 66.2 Å². The molecule has 2 aromatic carbocycles. The van der Waals surface area contributed by atoms with Crippen LogP contribution in [0.1, 0.15) is 18.7 Å². The SMILES string of the molecule is COc1cccc(-c2cnnn2[C@H]2C[C@@H](n3cc(-c4cc(F)c(F)c(F)c4)nn3)[C@@H](O)[C@@H](CO)O2)c1. The molecular weight excluding hydrogens is 481 g/mol. The normalized spacial score (nSPS) is 22.1. The first kappa shape index (κ1) is 23.9. The zero-order valence-electron chi connectivity index (χ0n) is 18.9. The molecule has 188 valence electrons. The van der Waals surface area contributed by atoms with Crippen molar-refractivity contribution < 1.29 is 32.9 Å². The van der Waals surface area contributed by atoms with Crippen LogP contribution in [0.2, 0.25) is 0 Å². The second-order valence-corrected chi connectivity index (χ2v) is 8.24. The van der Waals surface area contributed by atoms with Crippen LogP contribution in [-0.4, -0.2) is 66.1 Å². The summed E-state index contributed by atoms with van der Waals surface area (Å²) in [5.74, 6) is -3.67. The summed E-state index contributed by atoms with van der Waals surface area (Å²) in [6.07, 6.45) is 0.133. The Hall–Kier alpha value is -3.81. The first-order valence-corrected chi connectivity index (χ1v) is 10.9. The number of nitrogens with zero attached hydrogens (tertiary/aromatic N) is 6. The summed E-state index contributed by atoms with van der Waals surface area (Å²) in [5, 5.41) is 36.8. The van der Waals surface area contributed by atoms with Crippen molar-refractivity contribution >= 4 is 0 Å². The van der Waals surface area contributed by atoms with Crippen molar-refractivity contribution in [3.8, 4) is 28.3 Å². The molecule has 5 rings (SSSR count). The minimum Gasteiger partial charge on any atom is -0.497 e. The van der Waals surface area contributed by atoms with E-state index in [9.17, 15) is 23.4 Å². The molecule has 0 unspecified atom stereocenters. The van der Waals surface area contributed by atoms with Crippen LogP contribution in [0.5, 0.6) is 5.75 Å². The zero-order chi connectivity index (χ0) is 25.4. The smallest absolute Gasteiger partial charge is 0.194 e. The van der Waals surface area contributed by atoms with Crippen molar-refractivity contribution in [3.63, 3.8) is 0 Å². The lowest BCUT2D eigenvalue weighted by molar-refractivity contribution is -0.183. The van der Waals surface area contributed by atoms with Crippen LogP contribution in [0, 0.1) is 17.5 Å². The van der Waals surface area contributed by atoms with Gasteiger partial charge < -0.3 is 19.7 Å². The topological polar surface area (TPSA) is 120 Å². The van der Waals surface area contributed by atoms with Gasteiger partial charge in [-0.2, -0.15) is 0 Å². The van der Waals surface area contributed by atoms with E-state index in [0.717, 1.165) is 17.7 Å². The van der Waals surface area contributed by atoms with Gasteiger partial charge in [0.25, 0.3) is 0 Å². The Morgan fingerprint density at radius 1 is 1.11 bits per heavy atom. The van der Waals surface area contributed by atoms with Gasteiger partial charge in [0.15, 0.2) is 23.7 Å². The molecule has 0 radical (unpaired) electrons. The highest BCUT2D eigenvalue weighted by Gasteiger charge is 2.41. The second kappa shape index (κ2) is 9.68. The molecule has 36 heavy (non-hydrogen) atoms. The van der Waals surface area contributed by atoms with Gasteiger partial charge in [0.05, 0.1) is 37.8 Å². The van der Waals surface area contributed by atoms with E-state index in [1.54, 1.807) is 25.4 Å². The van der Waals surface area contributed by atoms with Crippen LogP contribution < -0.4 is 4.74 Å². The quantitative estimate of drug-likeness (QED) is 0.386. The molecule has 1 aliphatic rings. The van der Waals surface area contributed by atoms with Crippen molar-refractivity contribution in [2.45, 2.75) is 30.9 Å². The number of benzene rings is 2. The number of ether oxygens (including phenoxy) is 2. The Balaban J connectivity index is 1.47. The second-order valence-electron chi connectivity index (χ2n) is 8.24. The molecule has 3 heterocycles. The van der Waals surface area contributed by atoms with Gasteiger partial charge in [-0.25, -0.2) is 22.5 Å². The third kappa shape index (κ3) is 4.32. The van der Waals surface area contributed by atoms with E-state index in [0.29, 0.717) is 11.4 Å². The van der Waals surface area contributed by atoms with Crippen LogP contribution >= 0.6 is 0 Å². The Morgan fingerprint density at radius 2 is 1.89 bits per heavy atom. The Bertz CT molecular complexity index is 1360. The van der Waals surface area contributed by atoms with Crippen molar-refractivity contribution in [2.24, 2.45) is 0 Å². The maximum absolute atomic E-state index is 13.7. The number of aliphatic hydroxyl groups excluding tert-OH is 2. The molecule has 13 heteroatoms. The summed E-state index contributed by atoms with van der Waals surface area (Å²) < 4.78 is 54.8. The highest BCUT2D eigenvalue weighted by atomic mass is 19.2. The van der Waals surface area contributed by atoms with Crippen LogP contribution in [0.15, 0.2) is 48.8 Å². The van der Waals surface area contributed by atoms with Gasteiger partial charge >= 0.3 is 0 Å². The van der Waals surface area contributed by atoms with E-state index in [-0.39, 0.29) is 17.7 Å². The van der Waals surface area contributed by atoms with E-state index >= 15 is 0 Å². The van der Waals surface area contributed by atoms with Gasteiger partial charge in [0, 0.05) is 17.5 Å². The number of methoxy groups -OCH3 is 1. The number of hydrogen-bond donors (Lipinski definition) is 2. The number of rotatable bonds is 6. The molecule has 1 fully saturated rings. The molecule has 4 atom stereocenters. The van der Waals surface area contributed by atoms with Crippen LogP contribution in [0.4, 0.5) is 13.2 Å². The Labute approximate surface area is 202 Å². The molecule has 0 saturated carbocycles. The molecule has 1 aliphatic heterocycles. The van der Waals surface area contributed by atoms with Gasteiger partial charge in [-0.15, -0.1) is 10.2 Å². The summed E-state index contributed by atoms with van der Waals surface area (Å²) in [7, 11) is 1.55. The number of hydrogen-bond acceptors (Lipinski definition) is 8. The number of halogens is 3. The molecule has 0 spiro atoms. The minimum absolute atomic E-state index is 0.0222. The standard InChI is InChI=1S/C23H21F3N6O4/c1-35-14-4-2-3-12(5-14)19-9-27-29-32(19)21-8-18(23(34)20(11-33)36-21)31-10-17(28-30-31)13-6-15(24)22(26)16(25)7-13/h2-7,9-10,18,20-21,23,33-34H,8,11H2,1H3/t18-,20-,21-,23-/m1/s1. The van der Waals surface area contributed by atoms with E-state index in [1.807, 2.05) is 12.1 Å². The monoisotopic (exact) mass is 502 g/mol. The fraction of sp³-hybridized carbons (Fsp3) is 0.304. The van der Waals surface area contributed by atoms with Gasteiger partial charge in [0.2, 0.25) is 0 Å². The molecule has 2 aromatic heterocycles. The molecule has 0 amide bonds. The largest absolute Gasteiger partial charge is 0.497 e. The van der Waals surface area contributed by atoms with Gasteiger partial charge in [-0.05, 0) is 24.3 Å². The van der Waals surface area contributed by atoms with Crippen LogP contribution in [0.25, 0.3) is 22.5 Å². The van der Waals surface area contributed by atoms with Crippen LogP contribution in [-0.2, 0) is 4.74 Å². The lowest BCUT2D eigenvalue weighted by atomic mass is 9.98. The molecule has 0 aliphatic carbocycles. The van der Waals surface area contributed by atoms with E-state index in [4.69, 9.17) is 9.47 Å². The summed E-state index contributed by atoms with van der Waals surface area (Å²) in [5.41, 5.74) is 1.42. The van der Waals surface area contributed by atoms with Gasteiger partial charge in [-0.3, -0.25) is 0 Å². The van der Waals surface area contributed by atoms with Crippen molar-refractivity contribution in [1.29, 1.82) is 0 Å². The molecule has 2 N–H and O–H groups in total. The highest BCUT2D eigenvalue weighted by Crippen LogP contribution is 2.37. The summed E-state index contributed by atoms with van der Waals surface area (Å²) in [4.78, 5) is 0. The number of aliphatic hydroxyl groups is 2. The average molecular weight is 502 g/mol. The van der Waals surface area contributed by atoms with Crippen LogP contribution in [0.3, 0.4) is 0 Å². The van der Waals surface area contributed by atoms with E-state index in [1.165, 1.54) is 15.6 Å². The molecular formula is C23H21F3N6O4. The average Bonchev–Trinajstić information content (AvgIpc) is 3.58. The third-order valence-corrected chi connectivity index (χ3v) is 6.07. The first-order valence-electron chi connectivity index (χ1n) is 10.9. The molecule has 1 saturated heterocycles. The maximum Gasteiger partial charge on any atom is 0.194 e. The van der Waals surface area contributed by atoms with Gasteiger partial charge in [0.1, 0.15) is 23.7 Å². The Kier molecular flexibility index (Phi) is 6.43. The maximum atomic E-state index is 13.7. The van der Waals surface area contributed by atoms with Gasteiger partial charge in [-0.1, -0.05) is 22.6 Å². The third-order valence-electron chi connectivity index (χ3n) is 6.07. The summed E-state index contributed by atoms with van der Waals surface area (Å²) >= 11 is 0. The van der Waals surface area contributed by atoms with Crippen molar-refractivity contribution in [1.82, 2.24) is 30.0 Å². The fourth-order valence-corrected chi connectivity index (χ4v) is 4.22. The number of aromatic nitrogens is 6. The lowest BCUT2D eigenvalue weighted by Crippen LogP contribution is -2.46. The summed E-state index contributed by atoms with van der Waals surface area (Å²) in [6, 6.07) is 8.13. The lowest BCUT2D eigenvalue weighted by Gasteiger charge is -2.38. The molecule has 10 nitrogen and oxygen atoms in total. The van der Waals surface area contributed by atoms with E-state index < -0.39 is 48.5 Å². The molecule has 0 bridgehead atoms. The van der Waals surface area contributed by atoms with E-state index in [2.05, 4.69) is 20.6 Å². The first-order chi connectivity index (χ1) is 17.4. The highest BCUT2D eigenvalue weighted by molar-refractivity contribution is 5.60. The predicted molar refractivity (Wildman–Crippen MR) is 118 cm³/mol.